The molecule has 0 bridgehead atoms. The van der Waals surface area contributed by atoms with E-state index in [0.717, 1.165) is 5.56 Å². The fraction of sp³-hybridized carbons (Fsp3) is 0.304. The van der Waals surface area contributed by atoms with Gasteiger partial charge in [-0.1, -0.05) is 23.7 Å². The summed E-state index contributed by atoms with van der Waals surface area (Å²) in [5, 5.41) is 13.2. The number of halogens is 2. The summed E-state index contributed by atoms with van der Waals surface area (Å²) in [5.41, 5.74) is 1.46. The van der Waals surface area contributed by atoms with E-state index in [2.05, 4.69) is 20.0 Å². The van der Waals surface area contributed by atoms with Crippen LogP contribution in [0.1, 0.15) is 12.0 Å². The lowest BCUT2D eigenvalue weighted by molar-refractivity contribution is -0.0303. The van der Waals surface area contributed by atoms with Crippen molar-refractivity contribution in [2.45, 2.75) is 24.5 Å². The van der Waals surface area contributed by atoms with E-state index < -0.39 is 21.9 Å². The summed E-state index contributed by atoms with van der Waals surface area (Å²) in [6.07, 6.45) is 0.0744. The Balaban J connectivity index is 1.53. The van der Waals surface area contributed by atoms with Gasteiger partial charge in [-0.25, -0.2) is 14.4 Å². The van der Waals surface area contributed by atoms with Gasteiger partial charge in [0.25, 0.3) is 10.0 Å². The number of nitrogens with one attached hydrogen (secondary N) is 2. The zero-order chi connectivity index (χ0) is 24.3. The van der Waals surface area contributed by atoms with Crippen LogP contribution in [-0.4, -0.2) is 49.4 Å². The number of rotatable bonds is 7. The van der Waals surface area contributed by atoms with E-state index in [0.29, 0.717) is 37.6 Å². The lowest BCUT2D eigenvalue weighted by Gasteiger charge is -2.27. The number of aliphatic hydroxyl groups is 1. The summed E-state index contributed by atoms with van der Waals surface area (Å²) in [5.74, 6) is -0.200. The number of benzene rings is 1. The van der Waals surface area contributed by atoms with E-state index in [1.54, 1.807) is 25.1 Å². The minimum absolute atomic E-state index is 0.0192. The van der Waals surface area contributed by atoms with Crippen molar-refractivity contribution < 1.29 is 22.7 Å². The van der Waals surface area contributed by atoms with E-state index in [1.807, 2.05) is 0 Å². The first-order valence-electron chi connectivity index (χ1n) is 10.7. The Morgan fingerprint density at radius 1 is 1.18 bits per heavy atom. The van der Waals surface area contributed by atoms with Crippen LogP contribution in [0.3, 0.4) is 0 Å². The molecule has 0 amide bonds. The van der Waals surface area contributed by atoms with Crippen LogP contribution in [0.4, 0.5) is 16.0 Å². The second-order valence-corrected chi connectivity index (χ2v) is 10.1. The number of nitrogens with zero attached hydrogens (tertiary/aromatic N) is 2. The number of pyridine rings is 2. The molecule has 1 aromatic carbocycles. The third-order valence-corrected chi connectivity index (χ3v) is 7.08. The highest BCUT2D eigenvalue weighted by Gasteiger charge is 2.24. The quantitative estimate of drug-likeness (QED) is 0.446. The number of aromatic nitrogens is 2. The topological polar surface area (TPSA) is 113 Å². The Kier molecular flexibility index (Phi) is 7.32. The van der Waals surface area contributed by atoms with Crippen molar-refractivity contribution >= 4 is 33.3 Å². The summed E-state index contributed by atoms with van der Waals surface area (Å²) < 4.78 is 47.5. The van der Waals surface area contributed by atoms with E-state index in [4.69, 9.17) is 16.3 Å². The van der Waals surface area contributed by atoms with E-state index >= 15 is 0 Å². The van der Waals surface area contributed by atoms with Gasteiger partial charge >= 0.3 is 0 Å². The van der Waals surface area contributed by atoms with Crippen LogP contribution in [-0.2, 0) is 14.8 Å². The third kappa shape index (κ3) is 5.64. The molecule has 2 atom stereocenters. The fourth-order valence-electron chi connectivity index (χ4n) is 3.61. The SMILES string of the molecule is Cc1ccc(F)cc1-c1nc(NS(=O)(=O)c2cccc(NCC3COCC[C@H]3O)n2)ccc1Cl. The van der Waals surface area contributed by atoms with Crippen molar-refractivity contribution in [3.8, 4) is 11.3 Å². The minimum atomic E-state index is -4.07. The van der Waals surface area contributed by atoms with Gasteiger partial charge in [0.05, 0.1) is 23.4 Å². The van der Waals surface area contributed by atoms with E-state index in [1.165, 1.54) is 30.3 Å². The molecule has 180 valence electrons. The maximum absolute atomic E-state index is 13.8. The van der Waals surface area contributed by atoms with Gasteiger partial charge in [-0.2, -0.15) is 8.42 Å². The molecule has 8 nitrogen and oxygen atoms in total. The van der Waals surface area contributed by atoms with Crippen LogP contribution in [0.2, 0.25) is 5.02 Å². The molecule has 1 aliphatic heterocycles. The van der Waals surface area contributed by atoms with Crippen molar-refractivity contribution in [2.75, 3.05) is 29.8 Å². The van der Waals surface area contributed by atoms with Gasteiger partial charge in [0.1, 0.15) is 17.5 Å². The predicted octanol–water partition coefficient (Wildman–Crippen LogP) is 3.85. The number of ether oxygens (including phenoxy) is 1. The highest BCUT2D eigenvalue weighted by Crippen LogP contribution is 2.31. The molecule has 0 spiro atoms. The molecule has 2 aromatic heterocycles. The zero-order valence-corrected chi connectivity index (χ0v) is 19.9. The maximum atomic E-state index is 13.8. The van der Waals surface area contributed by atoms with Crippen molar-refractivity contribution in [2.24, 2.45) is 5.92 Å². The van der Waals surface area contributed by atoms with Crippen LogP contribution >= 0.6 is 11.6 Å². The molecule has 0 saturated carbocycles. The number of aryl methyl sites for hydroxylation is 1. The van der Waals surface area contributed by atoms with Gasteiger partial charge in [0, 0.05) is 24.6 Å². The van der Waals surface area contributed by atoms with E-state index in [-0.39, 0.29) is 27.5 Å². The highest BCUT2D eigenvalue weighted by atomic mass is 35.5. The Hall–Kier alpha value is -2.79. The summed E-state index contributed by atoms with van der Waals surface area (Å²) >= 11 is 6.26. The minimum Gasteiger partial charge on any atom is -0.393 e. The summed E-state index contributed by atoms with van der Waals surface area (Å²) in [7, 11) is -4.07. The van der Waals surface area contributed by atoms with Crippen LogP contribution in [0.5, 0.6) is 0 Å². The van der Waals surface area contributed by atoms with Gasteiger partial charge in [-0.15, -0.1) is 0 Å². The predicted molar refractivity (Wildman–Crippen MR) is 128 cm³/mol. The van der Waals surface area contributed by atoms with Gasteiger partial charge in [-0.3, -0.25) is 4.72 Å². The lowest BCUT2D eigenvalue weighted by Crippen LogP contribution is -2.36. The van der Waals surface area contributed by atoms with Crippen molar-refractivity contribution in [1.82, 2.24) is 9.97 Å². The Bertz CT molecular complexity index is 1290. The Labute approximate surface area is 202 Å². The van der Waals surface area contributed by atoms with Gasteiger partial charge in [0.15, 0.2) is 5.03 Å². The van der Waals surface area contributed by atoms with Crippen LogP contribution in [0.25, 0.3) is 11.3 Å². The molecule has 1 fully saturated rings. The molecular formula is C23H24ClFN4O4S. The second kappa shape index (κ2) is 10.2. The summed E-state index contributed by atoms with van der Waals surface area (Å²) in [6.45, 7) is 3.11. The smallest absolute Gasteiger partial charge is 0.280 e. The molecule has 3 N–H and O–H groups in total. The number of aliphatic hydroxyl groups excluding tert-OH is 1. The lowest BCUT2D eigenvalue weighted by atomic mass is 9.99. The summed E-state index contributed by atoms with van der Waals surface area (Å²) in [6, 6.07) is 11.7. The van der Waals surface area contributed by atoms with Gasteiger partial charge in [-0.05, 0) is 55.3 Å². The average Bonchev–Trinajstić information content (AvgIpc) is 2.81. The van der Waals surface area contributed by atoms with Crippen LogP contribution in [0.15, 0.2) is 53.6 Å². The highest BCUT2D eigenvalue weighted by molar-refractivity contribution is 7.92. The van der Waals surface area contributed by atoms with Crippen LogP contribution < -0.4 is 10.0 Å². The standard InChI is InChI=1S/C23H24ClFN4O4S/c1-14-5-6-16(25)11-17(14)23-18(24)7-8-21(28-23)29-34(31,32)22-4-2-3-20(27-22)26-12-15-13-33-10-9-19(15)30/h2-8,11,15,19,30H,9-10,12-13H2,1H3,(H,26,27)(H,28,29)/t15?,19-/m1/s1. The van der Waals surface area contributed by atoms with Gasteiger partial charge < -0.3 is 15.2 Å². The molecule has 3 aromatic rings. The van der Waals surface area contributed by atoms with Crippen molar-refractivity contribution in [1.29, 1.82) is 0 Å². The first-order valence-corrected chi connectivity index (χ1v) is 12.5. The molecule has 1 unspecified atom stereocenters. The van der Waals surface area contributed by atoms with Crippen molar-refractivity contribution in [3.05, 3.63) is 64.9 Å². The largest absolute Gasteiger partial charge is 0.393 e. The molecule has 4 rings (SSSR count). The monoisotopic (exact) mass is 506 g/mol. The second-order valence-electron chi connectivity index (χ2n) is 8.02. The van der Waals surface area contributed by atoms with Crippen molar-refractivity contribution in [3.63, 3.8) is 0 Å². The molecule has 3 heterocycles. The number of hydrogen-bond donors (Lipinski definition) is 3. The van der Waals surface area contributed by atoms with Gasteiger partial charge in [0.2, 0.25) is 0 Å². The summed E-state index contributed by atoms with van der Waals surface area (Å²) in [4.78, 5) is 8.50. The number of hydrogen-bond acceptors (Lipinski definition) is 7. The third-order valence-electron chi connectivity index (χ3n) is 5.52. The molecule has 0 radical (unpaired) electrons. The molecule has 34 heavy (non-hydrogen) atoms. The first-order chi connectivity index (χ1) is 16.2. The average molecular weight is 507 g/mol. The molecule has 0 aliphatic carbocycles. The molecule has 1 saturated heterocycles. The Morgan fingerprint density at radius 3 is 2.79 bits per heavy atom. The van der Waals surface area contributed by atoms with E-state index in [9.17, 15) is 17.9 Å². The number of sulfonamides is 1. The first kappa shape index (κ1) is 24.3. The maximum Gasteiger partial charge on any atom is 0.280 e. The molecule has 11 heteroatoms. The zero-order valence-electron chi connectivity index (χ0n) is 18.3. The molecule has 1 aliphatic rings. The van der Waals surface area contributed by atoms with Crippen LogP contribution in [0, 0.1) is 18.7 Å². The fourth-order valence-corrected chi connectivity index (χ4v) is 4.78. The normalized spacial score (nSPS) is 18.5. The Morgan fingerprint density at radius 2 is 2.00 bits per heavy atom. The number of anilines is 2. The molecular weight excluding hydrogens is 483 g/mol.